The molecule has 0 radical (unpaired) electrons. The number of halogens is 3. The van der Waals surface area contributed by atoms with E-state index in [1.54, 1.807) is 6.92 Å². The van der Waals surface area contributed by atoms with Crippen LogP contribution in [-0.4, -0.2) is 10.5 Å². The topological polar surface area (TPSA) is 20.2 Å². The molecule has 0 spiro atoms. The zero-order chi connectivity index (χ0) is 3.58. The molecule has 0 heterocycles. The molecule has 1 atom stereocenters. The van der Waals surface area contributed by atoms with Crippen LogP contribution in [0.25, 0.3) is 0 Å². The fourth-order valence-electron chi connectivity index (χ4n) is 0. The van der Waals surface area contributed by atoms with Crippen LogP contribution in [0, 0.1) is 0 Å². The second-order valence-corrected chi connectivity index (χ2v) is 1.38. The van der Waals surface area contributed by atoms with Crippen LogP contribution in [-0.2, 0) is 0 Å². The Bertz CT molecular complexity index is 17.7. The van der Waals surface area contributed by atoms with E-state index in [4.69, 9.17) is 5.11 Å². The van der Waals surface area contributed by atoms with Crippen LogP contribution < -0.4 is 0 Å². The van der Waals surface area contributed by atoms with Crippen LogP contribution in [0.1, 0.15) is 6.92 Å². The van der Waals surface area contributed by atoms with Crippen molar-refractivity contribution in [1.29, 1.82) is 0 Å². The normalized spacial score (nSPS) is 9.00. The van der Waals surface area contributed by atoms with Gasteiger partial charge in [0.05, 0.1) is 5.44 Å². The molecule has 5 heteroatoms. The van der Waals surface area contributed by atoms with Crippen molar-refractivity contribution in [3.63, 3.8) is 0 Å². The van der Waals surface area contributed by atoms with E-state index in [0.717, 1.165) is 0 Å². The van der Waals surface area contributed by atoms with Gasteiger partial charge < -0.3 is 5.11 Å². The van der Waals surface area contributed by atoms with Crippen LogP contribution in [0.4, 0.5) is 0 Å². The zero-order valence-corrected chi connectivity index (χ0v) is 7.04. The second-order valence-electron chi connectivity index (χ2n) is 0.632. The largest absolute Gasteiger partial charge is 0.383 e. The number of aliphatic hydroxyl groups is 1. The van der Waals surface area contributed by atoms with E-state index >= 15 is 0 Å². The van der Waals surface area contributed by atoms with E-state index in [-0.39, 0.29) is 37.2 Å². The summed E-state index contributed by atoms with van der Waals surface area (Å²) in [5.41, 5.74) is -0.472. The minimum absolute atomic E-state index is 0. The molecule has 50 valence electrons. The molecule has 1 unspecified atom stereocenters. The van der Waals surface area contributed by atoms with Crippen molar-refractivity contribution in [2.45, 2.75) is 12.4 Å². The van der Waals surface area contributed by atoms with Crippen molar-refractivity contribution >= 4 is 49.8 Å². The molecule has 0 fully saturated rings. The zero-order valence-electron chi connectivity index (χ0n) is 3.70. The quantitative estimate of drug-likeness (QED) is 0.435. The number of hydrogen-bond acceptors (Lipinski definition) is 2. The molecule has 7 heavy (non-hydrogen) atoms. The van der Waals surface area contributed by atoms with E-state index in [2.05, 4.69) is 12.6 Å². The third kappa shape index (κ3) is 138. The fourth-order valence-corrected chi connectivity index (χ4v) is 0. The maximum Gasteiger partial charge on any atom is 0.0936 e. The minimum Gasteiger partial charge on any atom is -0.383 e. The molecule has 0 aliphatic carbocycles. The van der Waals surface area contributed by atoms with Crippen LogP contribution >= 0.6 is 49.8 Å². The van der Waals surface area contributed by atoms with E-state index in [9.17, 15) is 0 Å². The molecule has 0 aromatic rings. The Morgan fingerprint density at radius 1 is 1.29 bits per heavy atom. The first-order valence-corrected chi connectivity index (χ1v) is 1.61. The van der Waals surface area contributed by atoms with E-state index in [1.807, 2.05) is 0 Å². The molecule has 0 aliphatic rings. The first-order valence-electron chi connectivity index (χ1n) is 1.09. The lowest BCUT2D eigenvalue weighted by Crippen LogP contribution is -1.79. The first-order chi connectivity index (χ1) is 1.73. The van der Waals surface area contributed by atoms with Crippen molar-refractivity contribution in [2.24, 2.45) is 0 Å². The Labute approximate surface area is 67.5 Å². The maximum atomic E-state index is 7.92. The summed E-state index contributed by atoms with van der Waals surface area (Å²) in [6.07, 6.45) is 0. The summed E-state index contributed by atoms with van der Waals surface area (Å²) in [5.74, 6) is 0. The smallest absolute Gasteiger partial charge is 0.0936 e. The van der Waals surface area contributed by atoms with Gasteiger partial charge in [0.2, 0.25) is 0 Å². The molecular weight excluding hydrogens is 178 g/mol. The summed E-state index contributed by atoms with van der Waals surface area (Å²) in [7, 11) is 0. The van der Waals surface area contributed by atoms with Gasteiger partial charge in [-0.15, -0.1) is 49.8 Å². The van der Waals surface area contributed by atoms with Gasteiger partial charge in [-0.2, -0.15) is 0 Å². The molecule has 1 N–H and O–H groups in total. The number of aliphatic hydroxyl groups excluding tert-OH is 1. The van der Waals surface area contributed by atoms with Gasteiger partial charge in [0.25, 0.3) is 0 Å². The predicted octanol–water partition coefficient (Wildman–Crippen LogP) is 1.52. The summed E-state index contributed by atoms with van der Waals surface area (Å²) in [6.45, 7) is 1.59. The van der Waals surface area contributed by atoms with Crippen molar-refractivity contribution < 1.29 is 5.11 Å². The van der Waals surface area contributed by atoms with Crippen molar-refractivity contribution in [3.8, 4) is 0 Å². The van der Waals surface area contributed by atoms with Gasteiger partial charge in [-0.05, 0) is 6.92 Å². The fraction of sp³-hybridized carbons (Fsp3) is 1.00. The SMILES string of the molecule is CC(O)S.Cl.Cl.Cl. The second kappa shape index (κ2) is 15.7. The lowest BCUT2D eigenvalue weighted by molar-refractivity contribution is 0.286. The molecule has 0 aromatic carbocycles. The molecule has 0 aromatic heterocycles. The minimum atomic E-state index is -0.472. The van der Waals surface area contributed by atoms with Gasteiger partial charge in [-0.25, -0.2) is 0 Å². The summed E-state index contributed by atoms with van der Waals surface area (Å²) >= 11 is 3.52. The standard InChI is InChI=1S/C2H6OS.3ClH/c1-2(3)4;;;/h2-4H,1H3;3*1H. The predicted molar refractivity (Wildman–Crippen MR) is 42.4 cm³/mol. The van der Waals surface area contributed by atoms with Crippen molar-refractivity contribution in [2.75, 3.05) is 0 Å². The third-order valence-corrected chi connectivity index (χ3v) is 0. The molecule has 0 saturated carbocycles. The first kappa shape index (κ1) is 24.1. The molecule has 0 aliphatic heterocycles. The molecule has 0 saturated heterocycles. The third-order valence-electron chi connectivity index (χ3n) is 0. The summed E-state index contributed by atoms with van der Waals surface area (Å²) in [6, 6.07) is 0. The summed E-state index contributed by atoms with van der Waals surface area (Å²) in [5, 5.41) is 7.92. The van der Waals surface area contributed by atoms with Gasteiger partial charge in [0.15, 0.2) is 0 Å². The van der Waals surface area contributed by atoms with Crippen LogP contribution in [0.2, 0.25) is 0 Å². The summed E-state index contributed by atoms with van der Waals surface area (Å²) in [4.78, 5) is 0. The lowest BCUT2D eigenvalue weighted by atomic mass is 10.9. The Hall–Kier alpha value is 1.18. The molecule has 0 bridgehead atoms. The maximum absolute atomic E-state index is 7.92. The van der Waals surface area contributed by atoms with Gasteiger partial charge in [0.1, 0.15) is 0 Å². The highest BCUT2D eigenvalue weighted by molar-refractivity contribution is 7.80. The van der Waals surface area contributed by atoms with Crippen molar-refractivity contribution in [3.05, 3.63) is 0 Å². The van der Waals surface area contributed by atoms with Crippen LogP contribution in [0.15, 0.2) is 0 Å². The van der Waals surface area contributed by atoms with Crippen LogP contribution in [0.5, 0.6) is 0 Å². The molecule has 0 amide bonds. The highest BCUT2D eigenvalue weighted by Crippen LogP contribution is 1.78. The monoisotopic (exact) mass is 186 g/mol. The van der Waals surface area contributed by atoms with Gasteiger partial charge in [-0.1, -0.05) is 0 Å². The Morgan fingerprint density at radius 3 is 1.29 bits per heavy atom. The van der Waals surface area contributed by atoms with E-state index in [1.165, 1.54) is 0 Å². The average Bonchev–Trinajstić information content (AvgIpc) is 0.811. The van der Waals surface area contributed by atoms with E-state index in [0.29, 0.717) is 0 Å². The highest BCUT2D eigenvalue weighted by Gasteiger charge is 1.70. The van der Waals surface area contributed by atoms with Gasteiger partial charge in [-0.3, -0.25) is 0 Å². The molecule has 1 nitrogen and oxygen atoms in total. The summed E-state index contributed by atoms with van der Waals surface area (Å²) < 4.78 is 0. The Morgan fingerprint density at radius 2 is 1.29 bits per heavy atom. The number of rotatable bonds is 0. The number of hydrogen-bond donors (Lipinski definition) is 2. The van der Waals surface area contributed by atoms with E-state index < -0.39 is 5.44 Å². The molecular formula is C2H9Cl3OS. The lowest BCUT2D eigenvalue weighted by Gasteiger charge is -1.79. The average molecular weight is 188 g/mol. The van der Waals surface area contributed by atoms with Crippen molar-refractivity contribution in [1.82, 2.24) is 0 Å². The highest BCUT2D eigenvalue weighted by atomic mass is 35.5. The molecule has 0 rings (SSSR count). The van der Waals surface area contributed by atoms with Crippen LogP contribution in [0.3, 0.4) is 0 Å². The Balaban J connectivity index is -0.0000000150. The Kier molecular flexibility index (Phi) is 54.1. The van der Waals surface area contributed by atoms with Gasteiger partial charge >= 0.3 is 0 Å². The van der Waals surface area contributed by atoms with Gasteiger partial charge in [0, 0.05) is 0 Å². The number of thiol groups is 1.